The topological polar surface area (TPSA) is 42.0 Å². The number of carbonyl (C=O) groups is 1. The van der Waals surface area contributed by atoms with E-state index in [1.54, 1.807) is 13.0 Å². The summed E-state index contributed by atoms with van der Waals surface area (Å²) in [7, 11) is 0. The highest BCUT2D eigenvalue weighted by Crippen LogP contribution is 2.19. The number of rotatable bonds is 2. The molecule has 0 aliphatic carbocycles. The zero-order chi connectivity index (χ0) is 14.9. The highest BCUT2D eigenvalue weighted by atomic mass is 79.9. The first-order valence-corrected chi connectivity index (χ1v) is 6.27. The molecule has 0 radical (unpaired) electrons. The van der Waals surface area contributed by atoms with Gasteiger partial charge < -0.3 is 5.32 Å². The van der Waals surface area contributed by atoms with Crippen molar-refractivity contribution in [3.05, 3.63) is 57.4 Å². The molecular weight excluding hydrogens is 337 g/mol. The molecule has 0 bridgehead atoms. The van der Waals surface area contributed by atoms with E-state index in [1.165, 1.54) is 6.07 Å². The summed E-state index contributed by atoms with van der Waals surface area (Å²) in [5.74, 6) is -4.52. The Balaban J connectivity index is 2.31. The molecule has 0 saturated carbocycles. The van der Waals surface area contributed by atoms with Gasteiger partial charge in [0.2, 0.25) is 0 Å². The maximum atomic E-state index is 13.4. The number of nitrogens with zero attached hydrogens (tertiary/aromatic N) is 1. The van der Waals surface area contributed by atoms with Crippen LogP contribution in [0.4, 0.5) is 19.0 Å². The van der Waals surface area contributed by atoms with Crippen molar-refractivity contribution in [2.75, 3.05) is 5.32 Å². The summed E-state index contributed by atoms with van der Waals surface area (Å²) in [6, 6.07) is 3.99. The summed E-state index contributed by atoms with van der Waals surface area (Å²) in [6.07, 6.45) is 0. The highest BCUT2D eigenvalue weighted by Gasteiger charge is 2.19. The Morgan fingerprint density at radius 1 is 1.20 bits per heavy atom. The Labute approximate surface area is 121 Å². The van der Waals surface area contributed by atoms with Crippen LogP contribution in [0.3, 0.4) is 0 Å². The summed E-state index contributed by atoms with van der Waals surface area (Å²) >= 11 is 3.23. The maximum absolute atomic E-state index is 13.4. The van der Waals surface area contributed by atoms with Crippen LogP contribution in [0.5, 0.6) is 0 Å². The molecule has 1 heterocycles. The molecule has 3 nitrogen and oxygen atoms in total. The summed E-state index contributed by atoms with van der Waals surface area (Å²) < 4.78 is 40.4. The number of nitrogens with one attached hydrogen (secondary N) is 1. The minimum absolute atomic E-state index is 0.138. The first-order valence-electron chi connectivity index (χ1n) is 5.47. The average molecular weight is 345 g/mol. The molecule has 0 aliphatic heterocycles. The first kappa shape index (κ1) is 14.5. The molecule has 0 atom stereocenters. The largest absolute Gasteiger partial charge is 0.306 e. The summed E-state index contributed by atoms with van der Waals surface area (Å²) in [4.78, 5) is 15.8. The summed E-state index contributed by atoms with van der Waals surface area (Å²) in [5, 5.41) is 2.25. The molecule has 0 spiro atoms. The van der Waals surface area contributed by atoms with Crippen LogP contribution in [0.2, 0.25) is 0 Å². The normalized spacial score (nSPS) is 10.4. The molecule has 0 fully saturated rings. The fraction of sp³-hybridized carbons (Fsp3) is 0.0769. The van der Waals surface area contributed by atoms with Crippen molar-refractivity contribution in [2.45, 2.75) is 6.92 Å². The van der Waals surface area contributed by atoms with Crippen LogP contribution in [-0.4, -0.2) is 10.9 Å². The molecule has 1 amide bonds. The van der Waals surface area contributed by atoms with Crippen molar-refractivity contribution in [1.82, 2.24) is 4.98 Å². The number of hydrogen-bond acceptors (Lipinski definition) is 2. The van der Waals surface area contributed by atoms with Crippen molar-refractivity contribution in [2.24, 2.45) is 0 Å². The molecular formula is C13H8BrF3N2O. The number of anilines is 1. The molecule has 0 saturated heterocycles. The van der Waals surface area contributed by atoms with Gasteiger partial charge in [-0.25, -0.2) is 18.2 Å². The van der Waals surface area contributed by atoms with Gasteiger partial charge in [0.15, 0.2) is 0 Å². The minimum Gasteiger partial charge on any atom is -0.306 e. The van der Waals surface area contributed by atoms with Gasteiger partial charge in [-0.1, -0.05) is 0 Å². The van der Waals surface area contributed by atoms with Crippen LogP contribution in [0, 0.1) is 24.4 Å². The molecule has 7 heteroatoms. The van der Waals surface area contributed by atoms with E-state index in [2.05, 4.69) is 26.2 Å². The molecule has 104 valence electrons. The van der Waals surface area contributed by atoms with Gasteiger partial charge in [0, 0.05) is 16.6 Å². The van der Waals surface area contributed by atoms with Crippen LogP contribution >= 0.6 is 15.9 Å². The number of pyridine rings is 1. The second kappa shape index (κ2) is 5.62. The molecule has 1 aromatic carbocycles. The first-order chi connectivity index (χ1) is 9.38. The maximum Gasteiger partial charge on any atom is 0.262 e. The average Bonchev–Trinajstić information content (AvgIpc) is 2.32. The van der Waals surface area contributed by atoms with Crippen LogP contribution < -0.4 is 5.32 Å². The Morgan fingerprint density at radius 2 is 1.80 bits per heavy atom. The van der Waals surface area contributed by atoms with Gasteiger partial charge in [-0.05, 0) is 35.0 Å². The Hall–Kier alpha value is -1.89. The molecule has 0 unspecified atom stereocenters. The van der Waals surface area contributed by atoms with Gasteiger partial charge in [-0.15, -0.1) is 0 Å². The lowest BCUT2D eigenvalue weighted by Crippen LogP contribution is -2.17. The lowest BCUT2D eigenvalue weighted by atomic mass is 10.2. The molecule has 1 N–H and O–H groups in total. The number of hydrogen-bond donors (Lipinski definition) is 1. The van der Waals surface area contributed by atoms with Gasteiger partial charge in [-0.2, -0.15) is 0 Å². The van der Waals surface area contributed by atoms with E-state index < -0.39 is 28.9 Å². The summed E-state index contributed by atoms with van der Waals surface area (Å²) in [6.45, 7) is 1.69. The number of carbonyl (C=O) groups excluding carboxylic acids is 1. The lowest BCUT2D eigenvalue weighted by Gasteiger charge is -2.08. The van der Waals surface area contributed by atoms with Crippen LogP contribution in [0.15, 0.2) is 28.7 Å². The monoisotopic (exact) mass is 344 g/mol. The van der Waals surface area contributed by atoms with E-state index in [0.29, 0.717) is 17.8 Å². The van der Waals surface area contributed by atoms with Gasteiger partial charge in [0.05, 0.1) is 5.69 Å². The van der Waals surface area contributed by atoms with E-state index in [4.69, 9.17) is 0 Å². The van der Waals surface area contributed by atoms with Gasteiger partial charge in [-0.3, -0.25) is 4.79 Å². The Morgan fingerprint density at radius 3 is 2.35 bits per heavy atom. The van der Waals surface area contributed by atoms with Gasteiger partial charge >= 0.3 is 0 Å². The minimum atomic E-state index is -1.27. The second-order valence-electron chi connectivity index (χ2n) is 3.96. The quantitative estimate of drug-likeness (QED) is 0.899. The smallest absolute Gasteiger partial charge is 0.262 e. The number of amides is 1. The predicted octanol–water partition coefficient (Wildman–Crippen LogP) is 3.82. The van der Waals surface area contributed by atoms with Crippen molar-refractivity contribution >= 4 is 27.7 Å². The molecule has 2 rings (SSSR count). The van der Waals surface area contributed by atoms with E-state index in [-0.39, 0.29) is 5.82 Å². The third kappa shape index (κ3) is 2.98. The number of halogens is 4. The van der Waals surface area contributed by atoms with E-state index in [0.717, 1.165) is 4.47 Å². The molecule has 20 heavy (non-hydrogen) atoms. The van der Waals surface area contributed by atoms with Gasteiger partial charge in [0.1, 0.15) is 28.8 Å². The molecule has 0 aliphatic rings. The third-order valence-corrected chi connectivity index (χ3v) is 3.34. The predicted molar refractivity (Wildman–Crippen MR) is 70.9 cm³/mol. The zero-order valence-corrected chi connectivity index (χ0v) is 11.8. The van der Waals surface area contributed by atoms with Crippen LogP contribution in [0.1, 0.15) is 16.1 Å². The van der Waals surface area contributed by atoms with Crippen molar-refractivity contribution in [3.8, 4) is 0 Å². The van der Waals surface area contributed by atoms with Crippen molar-refractivity contribution < 1.29 is 18.0 Å². The summed E-state index contributed by atoms with van der Waals surface area (Å²) in [5.41, 5.74) is -0.253. The second-order valence-corrected chi connectivity index (χ2v) is 4.82. The van der Waals surface area contributed by atoms with E-state index in [9.17, 15) is 18.0 Å². The number of aryl methyl sites for hydroxylation is 1. The SMILES string of the molecule is Cc1nc(NC(=O)c2c(F)cc(F)cc2F)ccc1Br. The third-order valence-electron chi connectivity index (χ3n) is 2.50. The fourth-order valence-electron chi connectivity index (χ4n) is 1.55. The standard InChI is InChI=1S/C13H8BrF3N2O/c1-6-8(14)2-3-11(18-6)19-13(20)12-9(16)4-7(15)5-10(12)17/h2-5H,1H3,(H,18,19,20). The Bertz CT molecular complexity index is 668. The zero-order valence-electron chi connectivity index (χ0n) is 10.2. The molecule has 1 aromatic heterocycles. The number of aromatic nitrogens is 1. The van der Waals surface area contributed by atoms with Crippen LogP contribution in [-0.2, 0) is 0 Å². The van der Waals surface area contributed by atoms with Gasteiger partial charge in [0.25, 0.3) is 5.91 Å². The van der Waals surface area contributed by atoms with Crippen molar-refractivity contribution in [1.29, 1.82) is 0 Å². The van der Waals surface area contributed by atoms with E-state index in [1.807, 2.05) is 0 Å². The fourth-order valence-corrected chi connectivity index (χ4v) is 1.77. The lowest BCUT2D eigenvalue weighted by molar-refractivity contribution is 0.101. The van der Waals surface area contributed by atoms with Crippen LogP contribution in [0.25, 0.3) is 0 Å². The number of benzene rings is 1. The molecule has 2 aromatic rings. The van der Waals surface area contributed by atoms with E-state index >= 15 is 0 Å². The highest BCUT2D eigenvalue weighted by molar-refractivity contribution is 9.10. The Kier molecular flexibility index (Phi) is 4.08. The van der Waals surface area contributed by atoms with Crippen molar-refractivity contribution in [3.63, 3.8) is 0 Å².